The van der Waals surface area contributed by atoms with Crippen molar-refractivity contribution in [1.29, 1.82) is 0 Å². The van der Waals surface area contributed by atoms with Crippen LogP contribution in [0.25, 0.3) is 0 Å². The van der Waals surface area contributed by atoms with Crippen molar-refractivity contribution in [3.63, 3.8) is 0 Å². The van der Waals surface area contributed by atoms with Crippen molar-refractivity contribution in [2.45, 2.75) is 38.8 Å². The molecule has 1 heterocycles. The van der Waals surface area contributed by atoms with Gasteiger partial charge in [-0.2, -0.15) is 0 Å². The van der Waals surface area contributed by atoms with Crippen LogP contribution in [0.2, 0.25) is 0 Å². The smallest absolute Gasteiger partial charge is 0.305 e. The normalized spacial score (nSPS) is 23.4. The van der Waals surface area contributed by atoms with Crippen molar-refractivity contribution in [2.24, 2.45) is 5.73 Å². The molecule has 0 bridgehead atoms. The maximum absolute atomic E-state index is 11.3. The van der Waals surface area contributed by atoms with E-state index in [0.29, 0.717) is 25.6 Å². The molecule has 5 heteroatoms. The van der Waals surface area contributed by atoms with Gasteiger partial charge in [-0.3, -0.25) is 9.69 Å². The van der Waals surface area contributed by atoms with Crippen molar-refractivity contribution in [3.8, 4) is 0 Å². The Morgan fingerprint density at radius 1 is 1.65 bits per heavy atom. The summed E-state index contributed by atoms with van der Waals surface area (Å²) in [5.74, 6) is -0.108. The lowest BCUT2D eigenvalue weighted by Gasteiger charge is -2.36. The third kappa shape index (κ3) is 5.02. The molecule has 1 rings (SSSR count). The van der Waals surface area contributed by atoms with E-state index in [-0.39, 0.29) is 12.1 Å². The fourth-order valence-electron chi connectivity index (χ4n) is 2.03. The number of carbonyl (C=O) groups excluding carboxylic acids is 1. The van der Waals surface area contributed by atoms with Gasteiger partial charge in [0, 0.05) is 32.1 Å². The summed E-state index contributed by atoms with van der Waals surface area (Å²) in [6.45, 7) is 7.49. The lowest BCUT2D eigenvalue weighted by molar-refractivity contribution is -0.143. The number of carbonyl (C=O) groups is 1. The van der Waals surface area contributed by atoms with Gasteiger partial charge in [0.15, 0.2) is 0 Å². The highest BCUT2D eigenvalue weighted by atomic mass is 16.5. The first-order valence-corrected chi connectivity index (χ1v) is 6.38. The molecule has 2 atom stereocenters. The van der Waals surface area contributed by atoms with E-state index in [9.17, 15) is 4.79 Å². The monoisotopic (exact) mass is 244 g/mol. The summed E-state index contributed by atoms with van der Waals surface area (Å²) in [6, 6.07) is 0.373. The molecular weight excluding hydrogens is 220 g/mol. The number of esters is 1. The largest absolute Gasteiger partial charge is 0.466 e. The van der Waals surface area contributed by atoms with Gasteiger partial charge in [0.05, 0.1) is 19.3 Å². The van der Waals surface area contributed by atoms with Crippen LogP contribution in [0.3, 0.4) is 0 Å². The molecule has 0 saturated carbocycles. The Balaban J connectivity index is 2.26. The highest BCUT2D eigenvalue weighted by molar-refractivity contribution is 5.69. The van der Waals surface area contributed by atoms with Gasteiger partial charge < -0.3 is 15.2 Å². The summed E-state index contributed by atoms with van der Waals surface area (Å²) < 4.78 is 10.4. The van der Waals surface area contributed by atoms with E-state index in [1.54, 1.807) is 0 Å². The van der Waals surface area contributed by atoms with E-state index in [2.05, 4.69) is 11.8 Å². The molecule has 1 unspecified atom stereocenters. The number of morpholine rings is 1. The zero-order chi connectivity index (χ0) is 12.7. The number of nitrogens with zero attached hydrogens (tertiary/aromatic N) is 1. The maximum Gasteiger partial charge on any atom is 0.305 e. The number of ether oxygens (including phenoxy) is 2. The summed E-state index contributed by atoms with van der Waals surface area (Å²) in [7, 11) is 0. The Labute approximate surface area is 103 Å². The van der Waals surface area contributed by atoms with E-state index in [4.69, 9.17) is 15.2 Å². The van der Waals surface area contributed by atoms with E-state index in [0.717, 1.165) is 26.1 Å². The van der Waals surface area contributed by atoms with E-state index in [1.807, 2.05) is 6.92 Å². The zero-order valence-electron chi connectivity index (χ0n) is 10.9. The van der Waals surface area contributed by atoms with Crippen LogP contribution in [-0.4, -0.2) is 55.9 Å². The highest BCUT2D eigenvalue weighted by Gasteiger charge is 2.23. The third-order valence-electron chi connectivity index (χ3n) is 3.13. The van der Waals surface area contributed by atoms with Gasteiger partial charge in [0.2, 0.25) is 0 Å². The fourth-order valence-corrected chi connectivity index (χ4v) is 2.03. The highest BCUT2D eigenvalue weighted by Crippen LogP contribution is 2.12. The number of hydrogen-bond donors (Lipinski definition) is 1. The van der Waals surface area contributed by atoms with Crippen LogP contribution in [0.4, 0.5) is 0 Å². The molecule has 0 aliphatic carbocycles. The topological polar surface area (TPSA) is 64.8 Å². The number of hydrogen-bond acceptors (Lipinski definition) is 5. The van der Waals surface area contributed by atoms with Gasteiger partial charge >= 0.3 is 5.97 Å². The van der Waals surface area contributed by atoms with Crippen molar-refractivity contribution in [2.75, 3.05) is 32.8 Å². The van der Waals surface area contributed by atoms with Crippen LogP contribution in [-0.2, 0) is 14.3 Å². The van der Waals surface area contributed by atoms with Crippen molar-refractivity contribution in [3.05, 3.63) is 0 Å². The molecule has 17 heavy (non-hydrogen) atoms. The minimum Gasteiger partial charge on any atom is -0.466 e. The van der Waals surface area contributed by atoms with Crippen LogP contribution in [0.15, 0.2) is 0 Å². The molecule has 0 aromatic carbocycles. The second-order valence-electron chi connectivity index (χ2n) is 4.42. The number of nitrogens with two attached hydrogens (primary N) is 1. The SMILES string of the molecule is CCOC(=O)CCC(C)N1CCO[C@@H](CN)C1. The molecule has 100 valence electrons. The van der Waals surface area contributed by atoms with Gasteiger partial charge in [0.1, 0.15) is 0 Å². The van der Waals surface area contributed by atoms with Gasteiger partial charge in [0.25, 0.3) is 0 Å². The molecule has 1 fully saturated rings. The van der Waals surface area contributed by atoms with Crippen LogP contribution in [0, 0.1) is 0 Å². The molecule has 0 spiro atoms. The standard InChI is InChI=1S/C12H24N2O3/c1-3-16-12(15)5-4-10(2)14-6-7-17-11(8-13)9-14/h10-11H,3-9,13H2,1-2H3/t10?,11-/m0/s1. The predicted octanol–water partition coefficient (Wildman–Crippen LogP) is 0.378. The first-order valence-electron chi connectivity index (χ1n) is 6.38. The minimum atomic E-state index is -0.108. The molecule has 0 amide bonds. The molecular formula is C12H24N2O3. The first-order chi connectivity index (χ1) is 8.17. The fraction of sp³-hybridized carbons (Fsp3) is 0.917. The summed E-state index contributed by atoms with van der Waals surface area (Å²) in [4.78, 5) is 13.6. The second kappa shape index (κ2) is 7.63. The molecule has 2 N–H and O–H groups in total. The summed E-state index contributed by atoms with van der Waals surface area (Å²) in [6.07, 6.45) is 1.45. The lowest BCUT2D eigenvalue weighted by atomic mass is 10.1. The zero-order valence-corrected chi connectivity index (χ0v) is 10.9. The van der Waals surface area contributed by atoms with Crippen molar-refractivity contribution >= 4 is 5.97 Å². The molecule has 0 radical (unpaired) electrons. The van der Waals surface area contributed by atoms with Gasteiger partial charge in [-0.1, -0.05) is 0 Å². The van der Waals surface area contributed by atoms with Crippen LogP contribution >= 0.6 is 0 Å². The quantitative estimate of drug-likeness (QED) is 0.684. The van der Waals surface area contributed by atoms with Crippen LogP contribution < -0.4 is 5.73 Å². The average molecular weight is 244 g/mol. The number of rotatable bonds is 6. The lowest BCUT2D eigenvalue weighted by Crippen LogP contribution is -2.49. The van der Waals surface area contributed by atoms with E-state index >= 15 is 0 Å². The second-order valence-corrected chi connectivity index (χ2v) is 4.42. The van der Waals surface area contributed by atoms with Crippen LogP contribution in [0.1, 0.15) is 26.7 Å². The van der Waals surface area contributed by atoms with Crippen molar-refractivity contribution in [1.82, 2.24) is 4.90 Å². The summed E-state index contributed by atoms with van der Waals surface area (Å²) in [5, 5.41) is 0. The molecule has 1 saturated heterocycles. The predicted molar refractivity (Wildman–Crippen MR) is 65.7 cm³/mol. The van der Waals surface area contributed by atoms with E-state index in [1.165, 1.54) is 0 Å². The van der Waals surface area contributed by atoms with Gasteiger partial charge in [-0.15, -0.1) is 0 Å². The van der Waals surface area contributed by atoms with Gasteiger partial charge in [-0.05, 0) is 20.3 Å². The summed E-state index contributed by atoms with van der Waals surface area (Å²) in [5.41, 5.74) is 5.60. The molecule has 0 aromatic heterocycles. The molecule has 5 nitrogen and oxygen atoms in total. The Morgan fingerprint density at radius 3 is 3.06 bits per heavy atom. The third-order valence-corrected chi connectivity index (χ3v) is 3.13. The molecule has 1 aliphatic heterocycles. The Bertz CT molecular complexity index is 236. The maximum atomic E-state index is 11.3. The molecule has 1 aliphatic rings. The minimum absolute atomic E-state index is 0.108. The van der Waals surface area contributed by atoms with Crippen molar-refractivity contribution < 1.29 is 14.3 Å². The van der Waals surface area contributed by atoms with Crippen LogP contribution in [0.5, 0.6) is 0 Å². The van der Waals surface area contributed by atoms with Gasteiger partial charge in [-0.25, -0.2) is 0 Å². The van der Waals surface area contributed by atoms with E-state index < -0.39 is 0 Å². The Hall–Kier alpha value is -0.650. The average Bonchev–Trinajstić information content (AvgIpc) is 2.36. The first kappa shape index (κ1) is 14.4. The Morgan fingerprint density at radius 2 is 2.41 bits per heavy atom. The summed E-state index contributed by atoms with van der Waals surface area (Å²) >= 11 is 0. The Kier molecular flexibility index (Phi) is 6.47. The molecule has 0 aromatic rings.